The van der Waals surface area contributed by atoms with Crippen LogP contribution in [-0.2, 0) is 6.42 Å². The zero-order valence-corrected chi connectivity index (χ0v) is 9.55. The van der Waals surface area contributed by atoms with Gasteiger partial charge in [-0.1, -0.05) is 36.5 Å². The van der Waals surface area contributed by atoms with Crippen LogP contribution in [0.25, 0.3) is 0 Å². The normalized spacial score (nSPS) is 10.5. The van der Waals surface area contributed by atoms with E-state index in [-0.39, 0.29) is 5.15 Å². The number of anilines is 1. The number of thiol groups is 1. The third kappa shape index (κ3) is 2.22. The van der Waals surface area contributed by atoms with Crippen molar-refractivity contribution < 1.29 is 0 Å². The first-order chi connectivity index (χ1) is 6.07. The Hall–Kier alpha value is -0.120. The summed E-state index contributed by atoms with van der Waals surface area (Å²) in [4.78, 5) is 4.73. The number of pyridine rings is 1. The molecule has 72 valence electrons. The molecule has 0 aromatic carbocycles. The Bertz CT molecular complexity index is 328. The summed E-state index contributed by atoms with van der Waals surface area (Å²) in [6.07, 6.45) is 1.77. The van der Waals surface area contributed by atoms with Gasteiger partial charge in [0.15, 0.2) is 5.15 Å². The van der Waals surface area contributed by atoms with Crippen LogP contribution in [0, 0.1) is 0 Å². The van der Waals surface area contributed by atoms with Crippen LogP contribution >= 0.6 is 35.8 Å². The van der Waals surface area contributed by atoms with Crippen molar-refractivity contribution in [3.8, 4) is 0 Å². The van der Waals surface area contributed by atoms with Gasteiger partial charge >= 0.3 is 0 Å². The fourth-order valence-corrected chi connectivity index (χ4v) is 1.71. The van der Waals surface area contributed by atoms with Gasteiger partial charge in [-0.25, -0.2) is 4.98 Å². The molecular weight excluding hydrogens is 227 g/mol. The number of hydrogen-bond donors (Lipinski definition) is 2. The second-order valence-electron chi connectivity index (χ2n) is 2.68. The van der Waals surface area contributed by atoms with Gasteiger partial charge in [0.1, 0.15) is 0 Å². The minimum absolute atomic E-state index is 0.256. The quantitative estimate of drug-likeness (QED) is 0.612. The predicted octanol–water partition coefficient (Wildman–Crippen LogP) is 3.21. The summed E-state index contributed by atoms with van der Waals surface area (Å²) in [7, 11) is 0. The highest BCUT2D eigenvalue weighted by Crippen LogP contribution is 2.33. The number of hydrogen-bond acceptors (Lipinski definition) is 3. The third-order valence-corrected chi connectivity index (χ3v) is 2.95. The van der Waals surface area contributed by atoms with Crippen LogP contribution in [0.1, 0.15) is 19.0 Å². The fraction of sp³-hybridized carbons (Fsp3) is 0.375. The zero-order chi connectivity index (χ0) is 10.0. The van der Waals surface area contributed by atoms with Crippen molar-refractivity contribution in [1.82, 2.24) is 4.98 Å². The van der Waals surface area contributed by atoms with Crippen molar-refractivity contribution in [1.29, 1.82) is 0 Å². The van der Waals surface area contributed by atoms with Gasteiger partial charge in [-0.2, -0.15) is 0 Å². The standard InChI is InChI=1S/C8H10Cl2N2S/c1-2-3-4-7(13)5(9)6(11)8(10)12-4/h13H,2-3,11H2,1H3. The maximum absolute atomic E-state index is 5.90. The van der Waals surface area contributed by atoms with Crippen LogP contribution in [0.5, 0.6) is 0 Å². The predicted molar refractivity (Wildman–Crippen MR) is 59.9 cm³/mol. The van der Waals surface area contributed by atoms with Crippen LogP contribution in [0.2, 0.25) is 10.2 Å². The summed E-state index contributed by atoms with van der Waals surface area (Å²) in [6.45, 7) is 2.05. The Morgan fingerprint density at radius 3 is 2.62 bits per heavy atom. The van der Waals surface area contributed by atoms with Crippen LogP contribution in [-0.4, -0.2) is 4.98 Å². The maximum atomic E-state index is 5.90. The number of aromatic nitrogens is 1. The molecule has 0 saturated heterocycles. The Balaban J connectivity index is 3.24. The van der Waals surface area contributed by atoms with E-state index < -0.39 is 0 Å². The number of nitrogen functional groups attached to an aromatic ring is 1. The van der Waals surface area contributed by atoms with E-state index in [0.717, 1.165) is 18.5 Å². The lowest BCUT2D eigenvalue weighted by Crippen LogP contribution is -1.98. The summed E-state index contributed by atoms with van der Waals surface area (Å²) in [5.41, 5.74) is 6.67. The highest BCUT2D eigenvalue weighted by molar-refractivity contribution is 7.80. The fourth-order valence-electron chi connectivity index (χ4n) is 0.988. The lowest BCUT2D eigenvalue weighted by molar-refractivity contribution is 0.858. The van der Waals surface area contributed by atoms with Gasteiger partial charge in [0.05, 0.1) is 16.4 Å². The summed E-state index contributed by atoms with van der Waals surface area (Å²) >= 11 is 15.9. The second kappa shape index (κ2) is 4.40. The van der Waals surface area contributed by atoms with Crippen molar-refractivity contribution in [2.75, 3.05) is 5.73 Å². The third-order valence-electron chi connectivity index (χ3n) is 1.66. The lowest BCUT2D eigenvalue weighted by atomic mass is 10.2. The molecule has 1 heterocycles. The van der Waals surface area contributed by atoms with Crippen molar-refractivity contribution >= 4 is 41.5 Å². The first-order valence-electron chi connectivity index (χ1n) is 3.90. The summed E-state index contributed by atoms with van der Waals surface area (Å²) in [5.74, 6) is 0. The second-order valence-corrected chi connectivity index (χ2v) is 3.86. The molecule has 1 rings (SSSR count). The molecule has 5 heteroatoms. The molecule has 0 saturated carbocycles. The van der Waals surface area contributed by atoms with Crippen LogP contribution in [0.15, 0.2) is 4.90 Å². The van der Waals surface area contributed by atoms with E-state index in [9.17, 15) is 0 Å². The first-order valence-corrected chi connectivity index (χ1v) is 5.10. The van der Waals surface area contributed by atoms with E-state index in [0.29, 0.717) is 15.6 Å². The summed E-state index contributed by atoms with van der Waals surface area (Å²) in [6, 6.07) is 0. The number of halogens is 2. The molecule has 0 aliphatic carbocycles. The van der Waals surface area contributed by atoms with Crippen molar-refractivity contribution in [3.63, 3.8) is 0 Å². The minimum Gasteiger partial charge on any atom is -0.395 e. The van der Waals surface area contributed by atoms with Crippen LogP contribution in [0.3, 0.4) is 0 Å². The van der Waals surface area contributed by atoms with Gasteiger partial charge in [-0.05, 0) is 6.42 Å². The molecule has 0 amide bonds. The molecule has 13 heavy (non-hydrogen) atoms. The van der Waals surface area contributed by atoms with Gasteiger partial charge in [0, 0.05) is 4.90 Å². The monoisotopic (exact) mass is 236 g/mol. The van der Waals surface area contributed by atoms with E-state index in [1.807, 2.05) is 6.92 Å². The molecule has 0 unspecified atom stereocenters. The van der Waals surface area contributed by atoms with Crippen molar-refractivity contribution in [2.45, 2.75) is 24.7 Å². The average molecular weight is 237 g/mol. The Labute approximate surface area is 92.8 Å². The number of aryl methyl sites for hydroxylation is 1. The van der Waals surface area contributed by atoms with E-state index >= 15 is 0 Å². The van der Waals surface area contributed by atoms with Crippen LogP contribution < -0.4 is 5.73 Å². The van der Waals surface area contributed by atoms with Gasteiger partial charge < -0.3 is 5.73 Å². The highest BCUT2D eigenvalue weighted by Gasteiger charge is 2.11. The SMILES string of the molecule is CCCc1nc(Cl)c(N)c(Cl)c1S. The highest BCUT2D eigenvalue weighted by atomic mass is 35.5. The Morgan fingerprint density at radius 1 is 1.46 bits per heavy atom. The van der Waals surface area contributed by atoms with E-state index in [4.69, 9.17) is 28.9 Å². The molecule has 0 bridgehead atoms. The number of nitrogens with zero attached hydrogens (tertiary/aromatic N) is 1. The minimum atomic E-state index is 0.256. The van der Waals surface area contributed by atoms with Crippen LogP contribution in [0.4, 0.5) is 5.69 Å². The maximum Gasteiger partial charge on any atom is 0.153 e. The smallest absolute Gasteiger partial charge is 0.153 e. The molecule has 1 aromatic heterocycles. The van der Waals surface area contributed by atoms with E-state index in [1.165, 1.54) is 0 Å². The average Bonchev–Trinajstić information content (AvgIpc) is 2.11. The lowest BCUT2D eigenvalue weighted by Gasteiger charge is -2.08. The van der Waals surface area contributed by atoms with Crippen molar-refractivity contribution in [2.24, 2.45) is 0 Å². The molecule has 0 radical (unpaired) electrons. The molecule has 0 aliphatic heterocycles. The first kappa shape index (κ1) is 11.0. The Kier molecular flexibility index (Phi) is 3.71. The largest absolute Gasteiger partial charge is 0.395 e. The summed E-state index contributed by atoms with van der Waals surface area (Å²) < 4.78 is 0. The summed E-state index contributed by atoms with van der Waals surface area (Å²) in [5, 5.41) is 0.651. The van der Waals surface area contributed by atoms with Gasteiger partial charge in [0.2, 0.25) is 0 Å². The number of nitrogens with two attached hydrogens (primary N) is 1. The van der Waals surface area contributed by atoms with Gasteiger partial charge in [0.25, 0.3) is 0 Å². The molecule has 0 aliphatic rings. The topological polar surface area (TPSA) is 38.9 Å². The zero-order valence-electron chi connectivity index (χ0n) is 7.14. The molecule has 1 aromatic rings. The van der Waals surface area contributed by atoms with Gasteiger partial charge in [-0.3, -0.25) is 0 Å². The Morgan fingerprint density at radius 2 is 2.08 bits per heavy atom. The van der Waals surface area contributed by atoms with Gasteiger partial charge in [-0.15, -0.1) is 12.6 Å². The molecule has 2 N–H and O–H groups in total. The van der Waals surface area contributed by atoms with E-state index in [1.54, 1.807) is 0 Å². The molecular formula is C8H10Cl2N2S. The molecule has 2 nitrogen and oxygen atoms in total. The number of rotatable bonds is 2. The van der Waals surface area contributed by atoms with Crippen molar-refractivity contribution in [3.05, 3.63) is 15.9 Å². The van der Waals surface area contributed by atoms with E-state index in [2.05, 4.69) is 17.6 Å². The molecule has 0 fully saturated rings. The molecule has 0 spiro atoms. The molecule has 0 atom stereocenters.